The molecule has 1 aliphatic rings. The number of rotatable bonds is 8. The molecule has 0 spiro atoms. The summed E-state index contributed by atoms with van der Waals surface area (Å²) in [5.41, 5.74) is 0.669. The summed E-state index contributed by atoms with van der Waals surface area (Å²) in [6.45, 7) is 2.18. The third-order valence-corrected chi connectivity index (χ3v) is 4.99. The topological polar surface area (TPSA) is 84.5 Å². The maximum Gasteiger partial charge on any atom is 0.224 e. The molecule has 1 aromatic rings. The molecule has 25 heavy (non-hydrogen) atoms. The number of amides is 1. The van der Waals surface area contributed by atoms with E-state index in [1.54, 1.807) is 24.3 Å². The lowest BCUT2D eigenvalue weighted by Crippen LogP contribution is -2.28. The standard InChI is InChI=1S/C17H26N2O4S.ClH/c1-24(21,22)12-11-23-16-4-2-3-15(13-16)19-17(20)6-5-14-7-9-18-10-8-14;/h2-4,13-14,18H,5-12H2,1H3,(H,19,20);1H. The van der Waals surface area contributed by atoms with Crippen LogP contribution < -0.4 is 15.4 Å². The lowest BCUT2D eigenvalue weighted by molar-refractivity contribution is -0.116. The Morgan fingerprint density at radius 1 is 1.32 bits per heavy atom. The molecule has 1 aliphatic heterocycles. The van der Waals surface area contributed by atoms with E-state index in [2.05, 4.69) is 10.6 Å². The van der Waals surface area contributed by atoms with Crippen molar-refractivity contribution in [2.24, 2.45) is 5.92 Å². The number of ether oxygens (including phenoxy) is 1. The number of nitrogens with one attached hydrogen (secondary N) is 2. The number of carbonyl (C=O) groups excluding carboxylic acids is 1. The molecule has 8 heteroatoms. The smallest absolute Gasteiger partial charge is 0.224 e. The number of anilines is 1. The van der Waals surface area contributed by atoms with E-state index in [0.29, 0.717) is 23.8 Å². The van der Waals surface area contributed by atoms with Gasteiger partial charge in [0.15, 0.2) is 9.84 Å². The van der Waals surface area contributed by atoms with Crippen molar-refractivity contribution < 1.29 is 17.9 Å². The summed E-state index contributed by atoms with van der Waals surface area (Å²) in [7, 11) is -3.04. The number of hydrogen-bond donors (Lipinski definition) is 2. The Hall–Kier alpha value is -1.31. The Bertz CT molecular complexity index is 646. The van der Waals surface area contributed by atoms with E-state index in [-0.39, 0.29) is 30.7 Å². The molecule has 1 aromatic carbocycles. The lowest BCUT2D eigenvalue weighted by atomic mass is 9.93. The zero-order valence-corrected chi connectivity index (χ0v) is 16.1. The number of hydrogen-bond acceptors (Lipinski definition) is 5. The van der Waals surface area contributed by atoms with Gasteiger partial charge < -0.3 is 15.4 Å². The van der Waals surface area contributed by atoms with Gasteiger partial charge in [-0.2, -0.15) is 0 Å². The van der Waals surface area contributed by atoms with Crippen molar-refractivity contribution in [3.8, 4) is 5.75 Å². The van der Waals surface area contributed by atoms with Gasteiger partial charge in [-0.15, -0.1) is 12.4 Å². The van der Waals surface area contributed by atoms with Crippen LogP contribution in [0.25, 0.3) is 0 Å². The van der Waals surface area contributed by atoms with Crippen molar-refractivity contribution in [3.05, 3.63) is 24.3 Å². The molecule has 1 fully saturated rings. The predicted octanol–water partition coefficient (Wildman–Crippen LogP) is 2.25. The van der Waals surface area contributed by atoms with Gasteiger partial charge in [-0.3, -0.25) is 4.79 Å². The van der Waals surface area contributed by atoms with Crippen LogP contribution in [0.3, 0.4) is 0 Å². The molecule has 0 radical (unpaired) electrons. The largest absolute Gasteiger partial charge is 0.492 e. The van der Waals surface area contributed by atoms with Crippen molar-refractivity contribution in [1.29, 1.82) is 0 Å². The fourth-order valence-electron chi connectivity index (χ4n) is 2.70. The van der Waals surface area contributed by atoms with Crippen LogP contribution in [-0.4, -0.2) is 46.0 Å². The van der Waals surface area contributed by atoms with E-state index in [4.69, 9.17) is 4.74 Å². The first-order chi connectivity index (χ1) is 11.4. The normalized spacial score (nSPS) is 15.2. The zero-order valence-electron chi connectivity index (χ0n) is 14.5. The van der Waals surface area contributed by atoms with Gasteiger partial charge >= 0.3 is 0 Å². The summed E-state index contributed by atoms with van der Waals surface area (Å²) in [5, 5.41) is 6.20. The summed E-state index contributed by atoms with van der Waals surface area (Å²) in [6, 6.07) is 7.03. The van der Waals surface area contributed by atoms with Crippen LogP contribution in [0, 0.1) is 5.92 Å². The zero-order chi connectivity index (χ0) is 17.4. The molecule has 0 saturated carbocycles. The Labute approximate surface area is 156 Å². The quantitative estimate of drug-likeness (QED) is 0.711. The molecule has 2 N–H and O–H groups in total. The second-order valence-electron chi connectivity index (χ2n) is 6.29. The Morgan fingerprint density at radius 2 is 2.04 bits per heavy atom. The van der Waals surface area contributed by atoms with Gasteiger partial charge in [0.05, 0.1) is 5.75 Å². The third kappa shape index (κ3) is 9.09. The van der Waals surface area contributed by atoms with Gasteiger partial charge in [0.25, 0.3) is 0 Å². The van der Waals surface area contributed by atoms with Crippen molar-refractivity contribution in [1.82, 2.24) is 5.32 Å². The Balaban J connectivity index is 0.00000312. The maximum atomic E-state index is 12.1. The van der Waals surface area contributed by atoms with Crippen LogP contribution in [0.1, 0.15) is 25.7 Å². The van der Waals surface area contributed by atoms with Gasteiger partial charge in [-0.1, -0.05) is 6.07 Å². The first kappa shape index (κ1) is 21.7. The SMILES string of the molecule is CS(=O)(=O)CCOc1cccc(NC(=O)CCC2CCNCC2)c1.Cl. The minimum Gasteiger partial charge on any atom is -0.492 e. The Morgan fingerprint density at radius 3 is 2.72 bits per heavy atom. The number of piperidine rings is 1. The van der Waals surface area contributed by atoms with E-state index < -0.39 is 9.84 Å². The molecular weight excluding hydrogens is 364 g/mol. The highest BCUT2D eigenvalue weighted by Gasteiger charge is 2.14. The second kappa shape index (κ2) is 10.6. The summed E-state index contributed by atoms with van der Waals surface area (Å²) < 4.78 is 27.6. The Kier molecular flexibility index (Phi) is 9.24. The maximum absolute atomic E-state index is 12.1. The summed E-state index contributed by atoms with van der Waals surface area (Å²) in [5.74, 6) is 1.15. The van der Waals surface area contributed by atoms with E-state index >= 15 is 0 Å². The van der Waals surface area contributed by atoms with E-state index in [1.807, 2.05) is 0 Å². The van der Waals surface area contributed by atoms with E-state index in [0.717, 1.165) is 32.4 Å². The first-order valence-corrected chi connectivity index (χ1v) is 10.4. The second-order valence-corrected chi connectivity index (χ2v) is 8.55. The summed E-state index contributed by atoms with van der Waals surface area (Å²) in [6.07, 6.45) is 4.88. The average Bonchev–Trinajstić information content (AvgIpc) is 2.53. The van der Waals surface area contributed by atoms with Crippen LogP contribution in [-0.2, 0) is 14.6 Å². The molecule has 2 rings (SSSR count). The van der Waals surface area contributed by atoms with E-state index in [1.165, 1.54) is 6.26 Å². The highest BCUT2D eigenvalue weighted by molar-refractivity contribution is 7.90. The van der Waals surface area contributed by atoms with E-state index in [9.17, 15) is 13.2 Å². The lowest BCUT2D eigenvalue weighted by Gasteiger charge is -2.22. The third-order valence-electron chi connectivity index (χ3n) is 4.08. The van der Waals surface area contributed by atoms with Crippen LogP contribution in [0.2, 0.25) is 0 Å². The average molecular weight is 391 g/mol. The number of sulfone groups is 1. The fourth-order valence-corrected chi connectivity index (χ4v) is 3.09. The molecule has 6 nitrogen and oxygen atoms in total. The molecule has 0 unspecified atom stereocenters. The van der Waals surface area contributed by atoms with Crippen LogP contribution in [0.15, 0.2) is 24.3 Å². The summed E-state index contributed by atoms with van der Waals surface area (Å²) in [4.78, 5) is 12.1. The van der Waals surface area contributed by atoms with Crippen LogP contribution in [0.5, 0.6) is 5.75 Å². The fraction of sp³-hybridized carbons (Fsp3) is 0.588. The molecule has 1 saturated heterocycles. The van der Waals surface area contributed by atoms with Crippen molar-refractivity contribution in [2.75, 3.05) is 37.0 Å². The van der Waals surface area contributed by atoms with Crippen molar-refractivity contribution in [2.45, 2.75) is 25.7 Å². The van der Waals surface area contributed by atoms with Gasteiger partial charge in [0, 0.05) is 24.4 Å². The predicted molar refractivity (Wildman–Crippen MR) is 102 cm³/mol. The molecule has 1 heterocycles. The monoisotopic (exact) mass is 390 g/mol. The molecule has 1 amide bonds. The molecular formula is C17H27ClN2O4S. The minimum absolute atomic E-state index is 0. The van der Waals surface area contributed by atoms with Gasteiger partial charge in [0.1, 0.15) is 12.4 Å². The molecule has 142 valence electrons. The number of carbonyl (C=O) groups is 1. The molecule has 0 atom stereocenters. The first-order valence-electron chi connectivity index (χ1n) is 8.33. The van der Waals surface area contributed by atoms with Crippen molar-refractivity contribution >= 4 is 33.8 Å². The van der Waals surface area contributed by atoms with Gasteiger partial charge in [-0.05, 0) is 50.4 Å². The van der Waals surface area contributed by atoms with Gasteiger partial charge in [-0.25, -0.2) is 8.42 Å². The van der Waals surface area contributed by atoms with Crippen molar-refractivity contribution in [3.63, 3.8) is 0 Å². The summed E-state index contributed by atoms with van der Waals surface area (Å²) >= 11 is 0. The molecule has 0 bridgehead atoms. The minimum atomic E-state index is -3.04. The number of benzene rings is 1. The molecule has 0 aliphatic carbocycles. The van der Waals surface area contributed by atoms with Crippen LogP contribution in [0.4, 0.5) is 5.69 Å². The van der Waals surface area contributed by atoms with Crippen LogP contribution >= 0.6 is 12.4 Å². The highest BCUT2D eigenvalue weighted by atomic mass is 35.5. The van der Waals surface area contributed by atoms with Gasteiger partial charge in [0.2, 0.25) is 5.91 Å². The molecule has 0 aromatic heterocycles. The number of halogens is 1. The highest BCUT2D eigenvalue weighted by Crippen LogP contribution is 2.20.